The summed E-state index contributed by atoms with van der Waals surface area (Å²) in [7, 11) is 1.74. The molecule has 0 atom stereocenters. The monoisotopic (exact) mass is 625 g/mol. The van der Waals surface area contributed by atoms with Crippen molar-refractivity contribution in [2.75, 3.05) is 16.0 Å². The second-order valence-corrected chi connectivity index (χ2v) is 8.79. The third-order valence-corrected chi connectivity index (χ3v) is 5.33. The van der Waals surface area contributed by atoms with Crippen LogP contribution in [0.5, 0.6) is 0 Å². The van der Waals surface area contributed by atoms with Gasteiger partial charge in [-0.25, -0.2) is 14.2 Å². The first kappa shape index (κ1) is 33.0. The van der Waals surface area contributed by atoms with Crippen LogP contribution in [-0.4, -0.2) is 49.1 Å². The molecule has 2 heterocycles. The van der Waals surface area contributed by atoms with Gasteiger partial charge in [-0.15, -0.1) is 0 Å². The van der Waals surface area contributed by atoms with Crippen molar-refractivity contribution in [2.45, 2.75) is 18.8 Å². The topological polar surface area (TPSA) is 134 Å². The molecule has 0 aliphatic carbocycles. The van der Waals surface area contributed by atoms with Crippen LogP contribution in [0.15, 0.2) is 73.7 Å². The molecule has 0 bridgehead atoms. The summed E-state index contributed by atoms with van der Waals surface area (Å²) in [6, 6.07) is 9.68. The van der Waals surface area contributed by atoms with Crippen LogP contribution in [0.1, 0.15) is 5.56 Å². The van der Waals surface area contributed by atoms with Crippen molar-refractivity contribution >= 4 is 40.7 Å². The SMILES string of the molecule is C=CC(=O)Nc1ccc(F)c(Nc2nc(Nc3cnn(C)c3)ncc2-c2ccc(CC(F)(F)F)cc2)c1.O=C(O)C(F)(F)F. The first-order valence-corrected chi connectivity index (χ1v) is 12.1. The lowest BCUT2D eigenvalue weighted by atomic mass is 10.0. The number of carbonyl (C=O) groups is 2. The lowest BCUT2D eigenvalue weighted by molar-refractivity contribution is -0.192. The third kappa shape index (κ3) is 9.81. The Bertz CT molecular complexity index is 1640. The molecule has 44 heavy (non-hydrogen) atoms. The standard InChI is InChI=1S/C25H21F4N7O.C2HF3O2/c1-3-22(37)32-17-8-9-20(26)21(10-17)34-23-19(16-6-4-15(5-7-16)11-25(27,28)29)13-30-24(35-23)33-18-12-31-36(2)14-18;3-2(4,5)1(6)7/h3-10,12-14H,1,11H2,2H3,(H,32,37)(H2,30,33,34,35);(H,6,7). The number of nitrogens with zero attached hydrogens (tertiary/aromatic N) is 4. The number of carbonyl (C=O) groups excluding carboxylic acids is 1. The van der Waals surface area contributed by atoms with Gasteiger partial charge < -0.3 is 21.1 Å². The number of carboxylic acid groups (broad SMARTS) is 1. The maximum absolute atomic E-state index is 14.7. The molecular weight excluding hydrogens is 603 g/mol. The Morgan fingerprint density at radius 2 is 1.66 bits per heavy atom. The van der Waals surface area contributed by atoms with Crippen molar-refractivity contribution in [2.24, 2.45) is 7.05 Å². The second kappa shape index (κ2) is 13.7. The molecule has 1 amide bonds. The zero-order valence-electron chi connectivity index (χ0n) is 22.5. The number of aryl methyl sites for hydroxylation is 1. The van der Waals surface area contributed by atoms with Gasteiger partial charge in [0.15, 0.2) is 0 Å². The molecule has 2 aromatic heterocycles. The van der Waals surface area contributed by atoms with Crippen LogP contribution in [0.4, 0.5) is 59.6 Å². The Balaban J connectivity index is 0.000000676. The second-order valence-electron chi connectivity index (χ2n) is 8.79. The number of rotatable bonds is 8. The summed E-state index contributed by atoms with van der Waals surface area (Å²) in [4.78, 5) is 29.3. The zero-order chi connectivity index (χ0) is 32.7. The van der Waals surface area contributed by atoms with Crippen molar-refractivity contribution < 1.29 is 45.4 Å². The number of carboxylic acids is 1. The number of aliphatic carboxylic acids is 1. The van der Waals surface area contributed by atoms with E-state index in [-0.39, 0.29) is 23.0 Å². The molecule has 232 valence electrons. The number of halogens is 7. The highest BCUT2D eigenvalue weighted by atomic mass is 19.4. The highest BCUT2D eigenvalue weighted by molar-refractivity contribution is 5.99. The molecular formula is C27H22F7N7O3. The minimum Gasteiger partial charge on any atom is -0.475 e. The quantitative estimate of drug-likeness (QED) is 0.131. The number of anilines is 5. The summed E-state index contributed by atoms with van der Waals surface area (Å²) in [6.45, 7) is 3.39. The minimum atomic E-state index is -5.08. The molecule has 4 N–H and O–H groups in total. The van der Waals surface area contributed by atoms with E-state index in [1.807, 2.05) is 0 Å². The van der Waals surface area contributed by atoms with Crippen LogP contribution in [0.25, 0.3) is 11.1 Å². The summed E-state index contributed by atoms with van der Waals surface area (Å²) in [5.41, 5.74) is 1.95. The van der Waals surface area contributed by atoms with Gasteiger partial charge in [-0.05, 0) is 35.4 Å². The van der Waals surface area contributed by atoms with Crippen molar-refractivity contribution in [3.63, 3.8) is 0 Å². The smallest absolute Gasteiger partial charge is 0.475 e. The van der Waals surface area contributed by atoms with Gasteiger partial charge >= 0.3 is 18.3 Å². The molecule has 0 aliphatic heterocycles. The first-order valence-electron chi connectivity index (χ1n) is 12.1. The van der Waals surface area contributed by atoms with Gasteiger partial charge in [0, 0.05) is 30.7 Å². The fourth-order valence-electron chi connectivity index (χ4n) is 3.42. The van der Waals surface area contributed by atoms with Crippen molar-refractivity contribution in [1.29, 1.82) is 0 Å². The van der Waals surface area contributed by atoms with Gasteiger partial charge in [-0.3, -0.25) is 9.48 Å². The van der Waals surface area contributed by atoms with Crippen LogP contribution in [0.2, 0.25) is 0 Å². The fourth-order valence-corrected chi connectivity index (χ4v) is 3.42. The van der Waals surface area contributed by atoms with Gasteiger partial charge in [0.2, 0.25) is 11.9 Å². The van der Waals surface area contributed by atoms with E-state index in [9.17, 15) is 35.5 Å². The lowest BCUT2D eigenvalue weighted by Gasteiger charge is -2.15. The van der Waals surface area contributed by atoms with E-state index >= 15 is 0 Å². The number of benzene rings is 2. The van der Waals surface area contributed by atoms with Crippen LogP contribution in [0.3, 0.4) is 0 Å². The summed E-state index contributed by atoms with van der Waals surface area (Å²) in [5.74, 6) is -3.50. The number of amides is 1. The van der Waals surface area contributed by atoms with E-state index in [4.69, 9.17) is 9.90 Å². The Hall–Kier alpha value is -5.48. The number of nitrogens with one attached hydrogen (secondary N) is 3. The van der Waals surface area contributed by atoms with Crippen LogP contribution in [0, 0.1) is 5.82 Å². The molecule has 4 rings (SSSR count). The van der Waals surface area contributed by atoms with Crippen LogP contribution in [-0.2, 0) is 23.1 Å². The Kier molecular flexibility index (Phi) is 10.3. The van der Waals surface area contributed by atoms with E-state index in [1.54, 1.807) is 24.1 Å². The van der Waals surface area contributed by atoms with Gasteiger partial charge in [-0.1, -0.05) is 30.8 Å². The number of hydrogen-bond donors (Lipinski definition) is 4. The highest BCUT2D eigenvalue weighted by Gasteiger charge is 2.38. The molecule has 10 nitrogen and oxygen atoms in total. The maximum Gasteiger partial charge on any atom is 0.490 e. The van der Waals surface area contributed by atoms with Crippen molar-refractivity contribution in [3.05, 3.63) is 85.1 Å². The minimum absolute atomic E-state index is 0.00262. The molecule has 17 heteroatoms. The summed E-state index contributed by atoms with van der Waals surface area (Å²) >= 11 is 0. The zero-order valence-corrected chi connectivity index (χ0v) is 22.5. The lowest BCUT2D eigenvalue weighted by Crippen LogP contribution is -2.21. The number of alkyl halides is 6. The van der Waals surface area contributed by atoms with Crippen molar-refractivity contribution in [3.8, 4) is 11.1 Å². The summed E-state index contributed by atoms with van der Waals surface area (Å²) in [5, 5.41) is 19.6. The highest BCUT2D eigenvalue weighted by Crippen LogP contribution is 2.32. The first-order chi connectivity index (χ1) is 20.5. The van der Waals surface area contributed by atoms with Gasteiger partial charge in [0.05, 0.1) is 24.0 Å². The van der Waals surface area contributed by atoms with E-state index in [2.05, 4.69) is 37.6 Å². The molecule has 0 unspecified atom stereocenters. The molecule has 0 saturated heterocycles. The largest absolute Gasteiger partial charge is 0.490 e. The molecule has 0 aliphatic rings. The van der Waals surface area contributed by atoms with Crippen LogP contribution >= 0.6 is 0 Å². The molecule has 0 saturated carbocycles. The van der Waals surface area contributed by atoms with E-state index in [0.29, 0.717) is 22.5 Å². The average Bonchev–Trinajstić information content (AvgIpc) is 3.34. The van der Waals surface area contributed by atoms with E-state index in [0.717, 1.165) is 6.08 Å². The fraction of sp³-hybridized carbons (Fsp3) is 0.148. The normalized spacial score (nSPS) is 11.2. The Labute approximate surface area is 244 Å². The van der Waals surface area contributed by atoms with Gasteiger partial charge in [-0.2, -0.15) is 36.4 Å². The predicted molar refractivity (Wildman–Crippen MR) is 146 cm³/mol. The molecule has 0 spiro atoms. The van der Waals surface area contributed by atoms with Crippen LogP contribution < -0.4 is 16.0 Å². The summed E-state index contributed by atoms with van der Waals surface area (Å²) in [6.07, 6.45) is -4.66. The van der Waals surface area contributed by atoms with Crippen molar-refractivity contribution in [1.82, 2.24) is 19.7 Å². The average molecular weight is 626 g/mol. The number of hydrogen-bond acceptors (Lipinski definition) is 7. The molecule has 2 aromatic carbocycles. The predicted octanol–water partition coefficient (Wildman–Crippen LogP) is 6.37. The number of aromatic nitrogens is 4. The maximum atomic E-state index is 14.7. The van der Waals surface area contributed by atoms with E-state index < -0.39 is 36.5 Å². The Morgan fingerprint density at radius 1 is 1.00 bits per heavy atom. The van der Waals surface area contributed by atoms with Gasteiger partial charge in [0.25, 0.3) is 0 Å². The Morgan fingerprint density at radius 3 is 2.20 bits per heavy atom. The molecule has 4 aromatic rings. The molecule has 0 fully saturated rings. The summed E-state index contributed by atoms with van der Waals surface area (Å²) < 4.78 is 86.3. The molecule has 0 radical (unpaired) electrons. The van der Waals surface area contributed by atoms with E-state index in [1.165, 1.54) is 48.7 Å². The third-order valence-electron chi connectivity index (χ3n) is 5.33. The van der Waals surface area contributed by atoms with Gasteiger partial charge in [0.1, 0.15) is 11.6 Å².